The maximum absolute atomic E-state index is 4.40. The van der Waals surface area contributed by atoms with E-state index in [9.17, 15) is 0 Å². The molecule has 0 radical (unpaired) electrons. The van der Waals surface area contributed by atoms with Crippen molar-refractivity contribution < 1.29 is 0 Å². The van der Waals surface area contributed by atoms with E-state index >= 15 is 0 Å². The molecule has 0 bridgehead atoms. The Morgan fingerprint density at radius 1 is 1.42 bits per heavy atom. The molecule has 0 atom stereocenters. The molecular formula is C10H16N2. The summed E-state index contributed by atoms with van der Waals surface area (Å²) in [4.78, 5) is 0. The molecule has 0 N–H and O–H groups in total. The summed E-state index contributed by atoms with van der Waals surface area (Å²) in [6, 6.07) is 0. The lowest BCUT2D eigenvalue weighted by Crippen LogP contribution is -2.09. The summed E-state index contributed by atoms with van der Waals surface area (Å²) in [5.74, 6) is 0. The van der Waals surface area contributed by atoms with Gasteiger partial charge >= 0.3 is 0 Å². The van der Waals surface area contributed by atoms with E-state index in [1.165, 1.54) is 43.4 Å². The minimum atomic E-state index is 1.09. The largest absolute Gasteiger partial charge is 0.269 e. The molecule has 2 heteroatoms. The van der Waals surface area contributed by atoms with Crippen LogP contribution in [-0.2, 0) is 19.4 Å². The van der Waals surface area contributed by atoms with Gasteiger partial charge < -0.3 is 0 Å². The average molecular weight is 164 g/mol. The van der Waals surface area contributed by atoms with Crippen LogP contribution in [0.15, 0.2) is 6.20 Å². The van der Waals surface area contributed by atoms with E-state index in [0.29, 0.717) is 0 Å². The summed E-state index contributed by atoms with van der Waals surface area (Å²) in [5.41, 5.74) is 3.00. The first-order valence-corrected chi connectivity index (χ1v) is 4.95. The molecule has 1 heterocycles. The van der Waals surface area contributed by atoms with Gasteiger partial charge in [-0.05, 0) is 37.7 Å². The molecule has 1 aliphatic rings. The van der Waals surface area contributed by atoms with Gasteiger partial charge in [0.25, 0.3) is 0 Å². The fourth-order valence-corrected chi connectivity index (χ4v) is 1.96. The second-order valence-corrected chi connectivity index (χ2v) is 3.55. The number of fused-ring (bicyclic) bond motifs is 1. The predicted octanol–water partition coefficient (Wildman–Crippen LogP) is 2.17. The van der Waals surface area contributed by atoms with Crippen molar-refractivity contribution in [1.29, 1.82) is 0 Å². The fraction of sp³-hybridized carbons (Fsp3) is 0.700. The lowest BCUT2D eigenvalue weighted by molar-refractivity contribution is 0.549. The molecule has 12 heavy (non-hydrogen) atoms. The van der Waals surface area contributed by atoms with E-state index in [2.05, 4.69) is 22.9 Å². The zero-order chi connectivity index (χ0) is 8.39. The van der Waals surface area contributed by atoms with Crippen molar-refractivity contribution in [3.05, 3.63) is 17.5 Å². The van der Waals surface area contributed by atoms with Crippen LogP contribution < -0.4 is 0 Å². The number of aryl methyl sites for hydroxylation is 2. The number of rotatable bonds is 2. The molecule has 1 aromatic heterocycles. The smallest absolute Gasteiger partial charge is 0.0524 e. The minimum Gasteiger partial charge on any atom is -0.269 e. The molecule has 0 fully saturated rings. The van der Waals surface area contributed by atoms with Gasteiger partial charge in [0, 0.05) is 12.2 Å². The Balaban J connectivity index is 2.25. The monoisotopic (exact) mass is 164 g/mol. The molecule has 0 amide bonds. The maximum atomic E-state index is 4.40. The lowest BCUT2D eigenvalue weighted by Gasteiger charge is -2.12. The van der Waals surface area contributed by atoms with Crippen molar-refractivity contribution in [3.8, 4) is 0 Å². The third-order valence-corrected chi connectivity index (χ3v) is 2.58. The third kappa shape index (κ3) is 1.26. The molecule has 66 valence electrons. The summed E-state index contributed by atoms with van der Waals surface area (Å²) >= 11 is 0. The highest BCUT2D eigenvalue weighted by Crippen LogP contribution is 2.20. The molecule has 2 rings (SSSR count). The molecule has 0 spiro atoms. The maximum Gasteiger partial charge on any atom is 0.0524 e. The van der Waals surface area contributed by atoms with E-state index in [1.54, 1.807) is 0 Å². The molecule has 0 saturated carbocycles. The summed E-state index contributed by atoms with van der Waals surface area (Å²) in [6.45, 7) is 3.30. The van der Waals surface area contributed by atoms with Crippen LogP contribution in [0.4, 0.5) is 0 Å². The molecular weight excluding hydrogens is 148 g/mol. The highest BCUT2D eigenvalue weighted by atomic mass is 15.3. The van der Waals surface area contributed by atoms with Crippen LogP contribution in [0.2, 0.25) is 0 Å². The quantitative estimate of drug-likeness (QED) is 0.655. The molecule has 0 aliphatic heterocycles. The van der Waals surface area contributed by atoms with E-state index in [0.717, 1.165) is 6.54 Å². The Labute approximate surface area is 73.6 Å². The SMILES string of the molecule is CCCn1ncc2c1CCCC2. The topological polar surface area (TPSA) is 17.8 Å². The normalized spacial score (nSPS) is 16.1. The van der Waals surface area contributed by atoms with Crippen LogP contribution in [0.25, 0.3) is 0 Å². The van der Waals surface area contributed by atoms with Crippen molar-refractivity contribution in [1.82, 2.24) is 9.78 Å². The first kappa shape index (κ1) is 7.84. The van der Waals surface area contributed by atoms with Gasteiger partial charge in [-0.2, -0.15) is 5.10 Å². The molecule has 1 aromatic rings. The Morgan fingerprint density at radius 2 is 2.25 bits per heavy atom. The average Bonchev–Trinajstić information content (AvgIpc) is 2.50. The second-order valence-electron chi connectivity index (χ2n) is 3.55. The number of hydrogen-bond acceptors (Lipinski definition) is 1. The van der Waals surface area contributed by atoms with E-state index in [4.69, 9.17) is 0 Å². The van der Waals surface area contributed by atoms with Gasteiger partial charge in [0.1, 0.15) is 0 Å². The van der Waals surface area contributed by atoms with Gasteiger partial charge in [-0.15, -0.1) is 0 Å². The highest BCUT2D eigenvalue weighted by Gasteiger charge is 2.13. The van der Waals surface area contributed by atoms with Crippen LogP contribution in [0.3, 0.4) is 0 Å². The Bertz CT molecular complexity index is 263. The van der Waals surface area contributed by atoms with Crippen molar-refractivity contribution in [2.75, 3.05) is 0 Å². The first-order chi connectivity index (χ1) is 5.92. The van der Waals surface area contributed by atoms with Crippen LogP contribution in [-0.4, -0.2) is 9.78 Å². The van der Waals surface area contributed by atoms with Crippen LogP contribution in [0.5, 0.6) is 0 Å². The van der Waals surface area contributed by atoms with Crippen LogP contribution in [0.1, 0.15) is 37.4 Å². The Kier molecular flexibility index (Phi) is 2.15. The van der Waals surface area contributed by atoms with Gasteiger partial charge in [0.2, 0.25) is 0 Å². The fourth-order valence-electron chi connectivity index (χ4n) is 1.96. The van der Waals surface area contributed by atoms with Gasteiger partial charge in [0.15, 0.2) is 0 Å². The second kappa shape index (κ2) is 3.30. The van der Waals surface area contributed by atoms with Gasteiger partial charge in [-0.25, -0.2) is 0 Å². The van der Waals surface area contributed by atoms with Crippen molar-refractivity contribution in [3.63, 3.8) is 0 Å². The summed E-state index contributed by atoms with van der Waals surface area (Å²) in [7, 11) is 0. The van der Waals surface area contributed by atoms with E-state index in [-0.39, 0.29) is 0 Å². The number of nitrogens with zero attached hydrogens (tertiary/aromatic N) is 2. The zero-order valence-electron chi connectivity index (χ0n) is 7.71. The standard InChI is InChI=1S/C10H16N2/c1-2-7-12-10-6-4-3-5-9(10)8-11-12/h8H,2-7H2,1H3. The van der Waals surface area contributed by atoms with Gasteiger partial charge in [0.05, 0.1) is 6.20 Å². The third-order valence-electron chi connectivity index (χ3n) is 2.58. The summed E-state index contributed by atoms with van der Waals surface area (Å²) in [6.07, 6.45) is 8.44. The van der Waals surface area contributed by atoms with Crippen molar-refractivity contribution in [2.24, 2.45) is 0 Å². The van der Waals surface area contributed by atoms with E-state index < -0.39 is 0 Å². The lowest BCUT2D eigenvalue weighted by atomic mass is 9.98. The summed E-state index contributed by atoms with van der Waals surface area (Å²) < 4.78 is 2.19. The molecule has 0 unspecified atom stereocenters. The minimum absolute atomic E-state index is 1.09. The van der Waals surface area contributed by atoms with Gasteiger partial charge in [-0.1, -0.05) is 6.92 Å². The molecule has 0 aromatic carbocycles. The van der Waals surface area contributed by atoms with Gasteiger partial charge in [-0.3, -0.25) is 4.68 Å². The molecule has 2 nitrogen and oxygen atoms in total. The van der Waals surface area contributed by atoms with E-state index in [1.807, 2.05) is 0 Å². The van der Waals surface area contributed by atoms with Crippen LogP contribution in [0, 0.1) is 0 Å². The zero-order valence-corrected chi connectivity index (χ0v) is 7.71. The van der Waals surface area contributed by atoms with Crippen molar-refractivity contribution in [2.45, 2.75) is 45.6 Å². The highest BCUT2D eigenvalue weighted by molar-refractivity contribution is 5.20. The molecule has 1 aliphatic carbocycles. The van der Waals surface area contributed by atoms with Crippen molar-refractivity contribution >= 4 is 0 Å². The number of aromatic nitrogens is 2. The molecule has 0 saturated heterocycles. The van der Waals surface area contributed by atoms with Crippen LogP contribution >= 0.6 is 0 Å². The number of hydrogen-bond donors (Lipinski definition) is 0. The predicted molar refractivity (Wildman–Crippen MR) is 49.2 cm³/mol. The Morgan fingerprint density at radius 3 is 3.08 bits per heavy atom. The summed E-state index contributed by atoms with van der Waals surface area (Å²) in [5, 5.41) is 4.40. The first-order valence-electron chi connectivity index (χ1n) is 4.95. The Hall–Kier alpha value is -0.790.